The fourth-order valence-corrected chi connectivity index (χ4v) is 1.17. The lowest BCUT2D eigenvalue weighted by Gasteiger charge is -2.01. The maximum atomic E-state index is 10.8. The van der Waals surface area contributed by atoms with Crippen molar-refractivity contribution in [2.75, 3.05) is 12.3 Å². The standard InChI is InChI=1S/C6H15NO2S/c1-3-5-6-7-10(8,9)4-2/h7H,3-6H2,1-2H3. The summed E-state index contributed by atoms with van der Waals surface area (Å²) in [6, 6.07) is 0. The minimum atomic E-state index is -2.94. The van der Waals surface area contributed by atoms with Gasteiger partial charge in [-0.25, -0.2) is 13.1 Å². The zero-order valence-electron chi connectivity index (χ0n) is 6.55. The Morgan fingerprint density at radius 2 is 1.90 bits per heavy atom. The molecule has 0 saturated heterocycles. The molecule has 0 aromatic heterocycles. The second-order valence-corrected chi connectivity index (χ2v) is 4.25. The van der Waals surface area contributed by atoms with E-state index in [1.54, 1.807) is 6.92 Å². The van der Waals surface area contributed by atoms with Crippen molar-refractivity contribution in [2.24, 2.45) is 0 Å². The van der Waals surface area contributed by atoms with Crippen molar-refractivity contribution in [2.45, 2.75) is 26.7 Å². The van der Waals surface area contributed by atoms with Gasteiger partial charge >= 0.3 is 0 Å². The van der Waals surface area contributed by atoms with Crippen molar-refractivity contribution in [1.29, 1.82) is 0 Å². The second-order valence-electron chi connectivity index (χ2n) is 2.15. The van der Waals surface area contributed by atoms with Crippen LogP contribution in [0.1, 0.15) is 26.7 Å². The molecule has 10 heavy (non-hydrogen) atoms. The summed E-state index contributed by atoms with van der Waals surface area (Å²) in [6.45, 7) is 4.24. The Morgan fingerprint density at radius 1 is 1.30 bits per heavy atom. The van der Waals surface area contributed by atoms with E-state index < -0.39 is 10.0 Å². The van der Waals surface area contributed by atoms with Gasteiger partial charge in [0, 0.05) is 6.54 Å². The molecule has 0 atom stereocenters. The van der Waals surface area contributed by atoms with Crippen LogP contribution in [0.4, 0.5) is 0 Å². The van der Waals surface area contributed by atoms with Crippen LogP contribution in [0.2, 0.25) is 0 Å². The number of sulfonamides is 1. The normalized spacial score (nSPS) is 11.8. The van der Waals surface area contributed by atoms with Crippen LogP contribution in [0.5, 0.6) is 0 Å². The first-order valence-electron chi connectivity index (χ1n) is 3.59. The van der Waals surface area contributed by atoms with E-state index in [0.29, 0.717) is 6.54 Å². The lowest BCUT2D eigenvalue weighted by molar-refractivity contribution is 0.579. The van der Waals surface area contributed by atoms with Crippen molar-refractivity contribution < 1.29 is 8.42 Å². The summed E-state index contributed by atoms with van der Waals surface area (Å²) in [5.41, 5.74) is 0. The van der Waals surface area contributed by atoms with Gasteiger partial charge < -0.3 is 0 Å². The molecule has 0 amide bonds. The van der Waals surface area contributed by atoms with Crippen LogP contribution in [0.25, 0.3) is 0 Å². The minimum Gasteiger partial charge on any atom is -0.215 e. The molecule has 4 heteroatoms. The molecule has 0 aliphatic heterocycles. The number of hydrogen-bond donors (Lipinski definition) is 1. The molecule has 0 aliphatic carbocycles. The van der Waals surface area contributed by atoms with E-state index in [-0.39, 0.29) is 5.75 Å². The fourth-order valence-electron chi connectivity index (χ4n) is 0.507. The molecule has 0 rings (SSSR count). The van der Waals surface area contributed by atoms with Crippen molar-refractivity contribution in [3.05, 3.63) is 0 Å². The van der Waals surface area contributed by atoms with E-state index in [2.05, 4.69) is 4.72 Å². The quantitative estimate of drug-likeness (QED) is 0.610. The molecule has 0 aromatic carbocycles. The van der Waals surface area contributed by atoms with Gasteiger partial charge in [0.2, 0.25) is 10.0 Å². The highest BCUT2D eigenvalue weighted by Crippen LogP contribution is 1.86. The van der Waals surface area contributed by atoms with Crippen LogP contribution < -0.4 is 4.72 Å². The molecule has 0 unspecified atom stereocenters. The van der Waals surface area contributed by atoms with Crippen LogP contribution in [0, 0.1) is 0 Å². The Morgan fingerprint density at radius 3 is 2.30 bits per heavy atom. The average Bonchev–Trinajstić information content (AvgIpc) is 1.89. The first kappa shape index (κ1) is 9.91. The lowest BCUT2D eigenvalue weighted by Crippen LogP contribution is -2.25. The van der Waals surface area contributed by atoms with Crippen molar-refractivity contribution in [3.8, 4) is 0 Å². The topological polar surface area (TPSA) is 46.2 Å². The zero-order chi connectivity index (χ0) is 8.04. The third-order valence-electron chi connectivity index (χ3n) is 1.23. The summed E-state index contributed by atoms with van der Waals surface area (Å²) in [5, 5.41) is 0. The van der Waals surface area contributed by atoms with Crippen LogP contribution in [-0.2, 0) is 10.0 Å². The Bertz CT molecular complexity index is 163. The van der Waals surface area contributed by atoms with E-state index in [1.165, 1.54) is 0 Å². The van der Waals surface area contributed by atoms with Crippen LogP contribution >= 0.6 is 0 Å². The molecule has 3 nitrogen and oxygen atoms in total. The third kappa shape index (κ3) is 4.76. The molecule has 0 radical (unpaired) electrons. The van der Waals surface area contributed by atoms with Crippen molar-refractivity contribution in [1.82, 2.24) is 4.72 Å². The largest absolute Gasteiger partial charge is 0.215 e. The molecule has 0 aromatic rings. The Balaban J connectivity index is 3.49. The summed E-state index contributed by atoms with van der Waals surface area (Å²) in [5.74, 6) is 0.177. The highest BCUT2D eigenvalue weighted by atomic mass is 32.2. The summed E-state index contributed by atoms with van der Waals surface area (Å²) >= 11 is 0. The van der Waals surface area contributed by atoms with E-state index in [9.17, 15) is 8.42 Å². The lowest BCUT2D eigenvalue weighted by atomic mass is 10.3. The van der Waals surface area contributed by atoms with E-state index in [1.807, 2.05) is 6.92 Å². The molecule has 0 heterocycles. The summed E-state index contributed by atoms with van der Waals surface area (Å²) in [7, 11) is -2.94. The summed E-state index contributed by atoms with van der Waals surface area (Å²) < 4.78 is 24.0. The van der Waals surface area contributed by atoms with Crippen molar-refractivity contribution >= 4 is 10.0 Å². The molecule has 0 spiro atoms. The Hall–Kier alpha value is -0.0900. The van der Waals surface area contributed by atoms with Gasteiger partial charge in [0.1, 0.15) is 0 Å². The SMILES string of the molecule is CCCCNS(=O)(=O)CC. The van der Waals surface area contributed by atoms with Crippen LogP contribution in [0.15, 0.2) is 0 Å². The van der Waals surface area contributed by atoms with Gasteiger partial charge in [-0.05, 0) is 13.3 Å². The maximum Gasteiger partial charge on any atom is 0.211 e. The predicted octanol–water partition coefficient (Wildman–Crippen LogP) is 0.726. The summed E-state index contributed by atoms with van der Waals surface area (Å²) in [6.07, 6.45) is 1.94. The Labute approximate surface area is 62.9 Å². The van der Waals surface area contributed by atoms with Gasteiger partial charge in [-0.15, -0.1) is 0 Å². The van der Waals surface area contributed by atoms with Crippen LogP contribution in [-0.4, -0.2) is 20.7 Å². The minimum absolute atomic E-state index is 0.177. The van der Waals surface area contributed by atoms with Crippen molar-refractivity contribution in [3.63, 3.8) is 0 Å². The summed E-state index contributed by atoms with van der Waals surface area (Å²) in [4.78, 5) is 0. The smallest absolute Gasteiger partial charge is 0.211 e. The molecular weight excluding hydrogens is 150 g/mol. The fraction of sp³-hybridized carbons (Fsp3) is 1.00. The maximum absolute atomic E-state index is 10.8. The van der Waals surface area contributed by atoms with Gasteiger partial charge in [-0.2, -0.15) is 0 Å². The molecule has 0 fully saturated rings. The van der Waals surface area contributed by atoms with Gasteiger partial charge in [-0.3, -0.25) is 0 Å². The van der Waals surface area contributed by atoms with Gasteiger partial charge in [0.05, 0.1) is 5.75 Å². The number of rotatable bonds is 5. The monoisotopic (exact) mass is 165 g/mol. The van der Waals surface area contributed by atoms with E-state index in [0.717, 1.165) is 12.8 Å². The molecular formula is C6H15NO2S. The average molecular weight is 165 g/mol. The highest BCUT2D eigenvalue weighted by molar-refractivity contribution is 7.89. The van der Waals surface area contributed by atoms with Crippen LogP contribution in [0.3, 0.4) is 0 Å². The molecule has 0 saturated carbocycles. The molecule has 0 aliphatic rings. The number of hydrogen-bond acceptors (Lipinski definition) is 2. The Kier molecular flexibility index (Phi) is 4.64. The van der Waals surface area contributed by atoms with Gasteiger partial charge in [-0.1, -0.05) is 13.3 Å². The second kappa shape index (κ2) is 4.68. The predicted molar refractivity (Wildman–Crippen MR) is 42.4 cm³/mol. The molecule has 62 valence electrons. The first-order chi connectivity index (χ1) is 4.62. The zero-order valence-corrected chi connectivity index (χ0v) is 7.37. The third-order valence-corrected chi connectivity index (χ3v) is 2.64. The molecule has 1 N–H and O–H groups in total. The van der Waals surface area contributed by atoms with E-state index >= 15 is 0 Å². The molecule has 0 bridgehead atoms. The van der Waals surface area contributed by atoms with E-state index in [4.69, 9.17) is 0 Å². The number of nitrogens with one attached hydrogen (secondary N) is 1. The first-order valence-corrected chi connectivity index (χ1v) is 5.25. The highest BCUT2D eigenvalue weighted by Gasteiger charge is 2.02. The van der Waals surface area contributed by atoms with Gasteiger partial charge in [0.25, 0.3) is 0 Å². The number of unbranched alkanes of at least 4 members (excludes halogenated alkanes) is 1. The van der Waals surface area contributed by atoms with Gasteiger partial charge in [0.15, 0.2) is 0 Å².